The molecule has 3 atom stereocenters. The molecule has 1 aromatic rings. The predicted molar refractivity (Wildman–Crippen MR) is 57.8 cm³/mol. The Morgan fingerprint density at radius 3 is 2.78 bits per heavy atom. The molecule has 0 aliphatic carbocycles. The van der Waals surface area contributed by atoms with Gasteiger partial charge in [-0.15, -0.1) is 0 Å². The minimum absolute atomic E-state index is 0.0441. The first kappa shape index (κ1) is 12.9. The van der Waals surface area contributed by atoms with Crippen molar-refractivity contribution in [3.05, 3.63) is 32.6 Å². The topological polar surface area (TPSA) is 93.7 Å². The molecule has 7 nitrogen and oxygen atoms in total. The van der Waals surface area contributed by atoms with Crippen LogP contribution in [-0.4, -0.2) is 38.4 Å². The van der Waals surface area contributed by atoms with Crippen molar-refractivity contribution in [1.29, 1.82) is 0 Å². The number of hydrogen-bond donors (Lipinski definition) is 2. The standard InChI is InChI=1S/C10H13FN2O5/c1-5-3-12(10(17)13(11)9(5)16)8-2-6(15)7(4-14)18-8/h3,6-8,14-15H,2,4H2,1H3/t6?,7-,8-/m1/s1. The van der Waals surface area contributed by atoms with Crippen LogP contribution in [0.1, 0.15) is 18.2 Å². The first-order valence-corrected chi connectivity index (χ1v) is 5.41. The summed E-state index contributed by atoms with van der Waals surface area (Å²) in [6.07, 6.45) is -1.43. The molecule has 8 heteroatoms. The van der Waals surface area contributed by atoms with E-state index in [1.54, 1.807) is 0 Å². The molecule has 2 heterocycles. The molecule has 1 aromatic heterocycles. The second-order valence-electron chi connectivity index (χ2n) is 4.20. The summed E-state index contributed by atoms with van der Waals surface area (Å²) in [4.78, 5) is 22.2. The zero-order chi connectivity index (χ0) is 13.4. The molecule has 1 fully saturated rings. The van der Waals surface area contributed by atoms with E-state index in [9.17, 15) is 19.2 Å². The average molecular weight is 260 g/mol. The summed E-state index contributed by atoms with van der Waals surface area (Å²) in [6.45, 7) is 0.962. The lowest BCUT2D eigenvalue weighted by Gasteiger charge is -2.15. The number of nitrogens with zero attached hydrogens (tertiary/aromatic N) is 2. The monoisotopic (exact) mass is 260 g/mol. The molecule has 0 radical (unpaired) electrons. The van der Waals surface area contributed by atoms with Crippen LogP contribution in [0.2, 0.25) is 0 Å². The lowest BCUT2D eigenvalue weighted by molar-refractivity contribution is -0.0470. The summed E-state index contributed by atoms with van der Waals surface area (Å²) in [5.41, 5.74) is -2.14. The summed E-state index contributed by atoms with van der Waals surface area (Å²) >= 11 is 0. The minimum Gasteiger partial charge on any atom is -0.394 e. The van der Waals surface area contributed by atoms with Crippen LogP contribution in [0.15, 0.2) is 15.8 Å². The van der Waals surface area contributed by atoms with Gasteiger partial charge < -0.3 is 14.9 Å². The van der Waals surface area contributed by atoms with E-state index in [0.717, 1.165) is 4.57 Å². The molecule has 1 aliphatic rings. The van der Waals surface area contributed by atoms with E-state index >= 15 is 0 Å². The summed E-state index contributed by atoms with van der Waals surface area (Å²) in [6, 6.07) is 0. The normalized spacial score (nSPS) is 27.7. The molecule has 1 unspecified atom stereocenters. The Hall–Kier alpha value is -1.51. The lowest BCUT2D eigenvalue weighted by atomic mass is 10.2. The van der Waals surface area contributed by atoms with Gasteiger partial charge in [-0.05, 0) is 6.92 Å². The molecule has 18 heavy (non-hydrogen) atoms. The second-order valence-corrected chi connectivity index (χ2v) is 4.20. The van der Waals surface area contributed by atoms with Crippen molar-refractivity contribution < 1.29 is 19.4 Å². The Morgan fingerprint density at radius 1 is 1.56 bits per heavy atom. The van der Waals surface area contributed by atoms with Crippen molar-refractivity contribution in [2.45, 2.75) is 31.8 Å². The maximum Gasteiger partial charge on any atom is 0.362 e. The largest absolute Gasteiger partial charge is 0.394 e. The number of rotatable bonds is 2. The Labute approximate surface area is 101 Å². The minimum atomic E-state index is -1.17. The zero-order valence-corrected chi connectivity index (χ0v) is 9.62. The highest BCUT2D eigenvalue weighted by Crippen LogP contribution is 2.27. The van der Waals surface area contributed by atoms with Crippen molar-refractivity contribution in [1.82, 2.24) is 9.36 Å². The fourth-order valence-corrected chi connectivity index (χ4v) is 1.92. The van der Waals surface area contributed by atoms with Gasteiger partial charge in [0.15, 0.2) is 0 Å². The highest BCUT2D eigenvalue weighted by Gasteiger charge is 2.35. The van der Waals surface area contributed by atoms with E-state index in [4.69, 9.17) is 9.84 Å². The molecule has 2 N–H and O–H groups in total. The van der Waals surface area contributed by atoms with E-state index in [-0.39, 0.29) is 12.0 Å². The van der Waals surface area contributed by atoms with Gasteiger partial charge in [-0.3, -0.25) is 9.36 Å². The number of aryl methyl sites for hydroxylation is 1. The van der Waals surface area contributed by atoms with Gasteiger partial charge in [0.25, 0.3) is 5.56 Å². The van der Waals surface area contributed by atoms with Crippen LogP contribution >= 0.6 is 0 Å². The van der Waals surface area contributed by atoms with Crippen molar-refractivity contribution in [3.8, 4) is 0 Å². The van der Waals surface area contributed by atoms with Crippen LogP contribution in [0.5, 0.6) is 0 Å². The maximum atomic E-state index is 13.3. The van der Waals surface area contributed by atoms with Crippen molar-refractivity contribution in [3.63, 3.8) is 0 Å². The SMILES string of the molecule is Cc1cn([C@H]2CC(O)[C@@H](CO)O2)c(=O)n(F)c1=O. The van der Waals surface area contributed by atoms with E-state index < -0.39 is 41.1 Å². The molecular formula is C10H13FN2O5. The number of aliphatic hydroxyl groups excluding tert-OH is 2. The third-order valence-electron chi connectivity index (χ3n) is 2.93. The Bertz CT molecular complexity index is 566. The molecule has 0 spiro atoms. The zero-order valence-electron chi connectivity index (χ0n) is 9.62. The quantitative estimate of drug-likeness (QED) is 0.688. The third kappa shape index (κ3) is 1.98. The molecule has 2 rings (SSSR count). The van der Waals surface area contributed by atoms with Crippen LogP contribution in [0, 0.1) is 6.92 Å². The number of hydrogen-bond acceptors (Lipinski definition) is 5. The summed E-state index contributed by atoms with van der Waals surface area (Å²) in [5.74, 6) is 0. The van der Waals surface area contributed by atoms with Gasteiger partial charge in [0.2, 0.25) is 0 Å². The summed E-state index contributed by atoms with van der Waals surface area (Å²) in [5, 5.41) is 18.5. The average Bonchev–Trinajstić information content (AvgIpc) is 2.72. The van der Waals surface area contributed by atoms with Gasteiger partial charge >= 0.3 is 5.69 Å². The highest BCUT2D eigenvalue weighted by atomic mass is 19.2. The van der Waals surface area contributed by atoms with Gasteiger partial charge in [-0.1, -0.05) is 9.27 Å². The fourth-order valence-electron chi connectivity index (χ4n) is 1.92. The number of halogens is 1. The predicted octanol–water partition coefficient (Wildman–Crippen LogP) is -1.31. The fraction of sp³-hybridized carbons (Fsp3) is 0.600. The van der Waals surface area contributed by atoms with Gasteiger partial charge in [-0.25, -0.2) is 4.79 Å². The smallest absolute Gasteiger partial charge is 0.362 e. The molecule has 0 amide bonds. The van der Waals surface area contributed by atoms with E-state index in [1.807, 2.05) is 0 Å². The van der Waals surface area contributed by atoms with E-state index in [2.05, 4.69) is 0 Å². The summed E-state index contributed by atoms with van der Waals surface area (Å²) < 4.78 is 19.4. The van der Waals surface area contributed by atoms with Crippen LogP contribution in [-0.2, 0) is 4.74 Å². The van der Waals surface area contributed by atoms with Crippen LogP contribution < -0.4 is 11.2 Å². The first-order valence-electron chi connectivity index (χ1n) is 5.41. The second kappa shape index (κ2) is 4.63. The lowest BCUT2D eigenvalue weighted by Crippen LogP contribution is -2.38. The Kier molecular flexibility index (Phi) is 3.33. The molecule has 0 bridgehead atoms. The van der Waals surface area contributed by atoms with Gasteiger partial charge in [0.1, 0.15) is 12.3 Å². The molecule has 0 saturated carbocycles. The first-order chi connectivity index (χ1) is 8.45. The van der Waals surface area contributed by atoms with Crippen molar-refractivity contribution >= 4 is 0 Å². The van der Waals surface area contributed by atoms with Crippen molar-refractivity contribution in [2.75, 3.05) is 6.61 Å². The molecule has 0 aromatic carbocycles. The van der Waals surface area contributed by atoms with E-state index in [1.165, 1.54) is 13.1 Å². The van der Waals surface area contributed by atoms with Crippen LogP contribution in [0.3, 0.4) is 0 Å². The maximum absolute atomic E-state index is 13.3. The molecular weight excluding hydrogens is 247 g/mol. The number of aliphatic hydroxyl groups is 2. The van der Waals surface area contributed by atoms with Gasteiger partial charge in [0.05, 0.1) is 12.7 Å². The molecule has 1 saturated heterocycles. The number of aromatic nitrogens is 2. The number of ether oxygens (including phenoxy) is 1. The third-order valence-corrected chi connectivity index (χ3v) is 2.93. The van der Waals surface area contributed by atoms with Gasteiger partial charge in [0, 0.05) is 18.2 Å². The molecule has 1 aliphatic heterocycles. The highest BCUT2D eigenvalue weighted by molar-refractivity contribution is 5.02. The van der Waals surface area contributed by atoms with Crippen LogP contribution in [0.25, 0.3) is 0 Å². The van der Waals surface area contributed by atoms with E-state index in [0.29, 0.717) is 0 Å². The Balaban J connectivity index is 2.42. The summed E-state index contributed by atoms with van der Waals surface area (Å²) in [7, 11) is 0. The van der Waals surface area contributed by atoms with Crippen molar-refractivity contribution in [2.24, 2.45) is 0 Å². The molecule has 100 valence electrons. The van der Waals surface area contributed by atoms with Gasteiger partial charge in [-0.2, -0.15) is 0 Å². The van der Waals surface area contributed by atoms with Crippen LogP contribution in [0.4, 0.5) is 4.48 Å². The Morgan fingerprint density at radius 2 is 2.22 bits per heavy atom.